The summed E-state index contributed by atoms with van der Waals surface area (Å²) in [4.78, 5) is 23.5. The third-order valence-corrected chi connectivity index (χ3v) is 3.59. The zero-order chi connectivity index (χ0) is 17.2. The largest absolute Gasteiger partial charge is 0.453 e. The van der Waals surface area contributed by atoms with Gasteiger partial charge in [0.15, 0.2) is 6.10 Å². The summed E-state index contributed by atoms with van der Waals surface area (Å²) >= 11 is 1.59. The molecule has 0 aliphatic carbocycles. The molecular formula is C15H19F2NO4S. The number of ether oxygens (including phenoxy) is 2. The van der Waals surface area contributed by atoms with Crippen molar-refractivity contribution in [2.45, 2.75) is 33.0 Å². The van der Waals surface area contributed by atoms with Gasteiger partial charge in [-0.15, -0.1) is 0 Å². The molecule has 0 spiro atoms. The molecule has 23 heavy (non-hydrogen) atoms. The van der Waals surface area contributed by atoms with E-state index in [1.807, 2.05) is 6.92 Å². The Bertz CT molecular complexity index is 528. The molecule has 5 nitrogen and oxygen atoms in total. The molecule has 0 bridgehead atoms. The second-order valence-corrected chi connectivity index (χ2v) is 5.84. The number of carbonyl (C=O) groups is 2. The fraction of sp³-hybridized carbons (Fsp3) is 0.467. The minimum Gasteiger partial charge on any atom is -0.453 e. The summed E-state index contributed by atoms with van der Waals surface area (Å²) in [5.41, 5.74) is 0.0854. The van der Waals surface area contributed by atoms with E-state index >= 15 is 0 Å². The van der Waals surface area contributed by atoms with E-state index in [1.165, 1.54) is 25.1 Å². The zero-order valence-electron chi connectivity index (χ0n) is 12.9. The highest BCUT2D eigenvalue weighted by molar-refractivity contribution is 7.99. The average molecular weight is 347 g/mol. The first-order valence-electron chi connectivity index (χ1n) is 7.06. The number of benzene rings is 1. The van der Waals surface area contributed by atoms with Crippen LogP contribution in [0.2, 0.25) is 0 Å². The van der Waals surface area contributed by atoms with Gasteiger partial charge < -0.3 is 14.8 Å². The molecule has 0 aliphatic rings. The molecule has 0 heterocycles. The summed E-state index contributed by atoms with van der Waals surface area (Å²) in [6.45, 7) is 0.390. The normalized spacial score (nSPS) is 11.9. The van der Waals surface area contributed by atoms with Crippen LogP contribution >= 0.6 is 11.8 Å². The first-order valence-corrected chi connectivity index (χ1v) is 8.21. The first-order chi connectivity index (χ1) is 10.9. The quantitative estimate of drug-likeness (QED) is 0.548. The lowest BCUT2D eigenvalue weighted by Crippen LogP contribution is -2.30. The van der Waals surface area contributed by atoms with Crippen LogP contribution in [-0.4, -0.2) is 36.1 Å². The molecule has 1 aromatic rings. The van der Waals surface area contributed by atoms with Crippen molar-refractivity contribution < 1.29 is 27.8 Å². The molecule has 0 radical (unpaired) electrons. The number of para-hydroxylation sites is 2. The molecule has 1 aromatic carbocycles. The van der Waals surface area contributed by atoms with Crippen LogP contribution in [0.1, 0.15) is 20.3 Å². The summed E-state index contributed by atoms with van der Waals surface area (Å²) in [5.74, 6) is 0.255. The minimum atomic E-state index is -3.00. The Morgan fingerprint density at radius 1 is 1.30 bits per heavy atom. The predicted molar refractivity (Wildman–Crippen MR) is 84.9 cm³/mol. The predicted octanol–water partition coefficient (Wildman–Crippen LogP) is 3.30. The number of hydrogen-bond donors (Lipinski definition) is 1. The molecule has 0 saturated heterocycles. The van der Waals surface area contributed by atoms with E-state index in [-0.39, 0.29) is 17.9 Å². The maximum Gasteiger partial charge on any atom is 0.387 e. The van der Waals surface area contributed by atoms with Gasteiger partial charge in [0.2, 0.25) is 0 Å². The lowest BCUT2D eigenvalue weighted by atomic mass is 10.2. The summed E-state index contributed by atoms with van der Waals surface area (Å²) in [6.07, 6.45) is -0.824. The number of hydrogen-bond acceptors (Lipinski definition) is 5. The Balaban J connectivity index is 2.56. The molecule has 0 fully saturated rings. The monoisotopic (exact) mass is 347 g/mol. The third kappa shape index (κ3) is 7.32. The van der Waals surface area contributed by atoms with E-state index in [4.69, 9.17) is 4.74 Å². The highest BCUT2D eigenvalue weighted by Crippen LogP contribution is 2.25. The van der Waals surface area contributed by atoms with Crippen molar-refractivity contribution in [1.29, 1.82) is 0 Å². The maximum absolute atomic E-state index is 12.3. The van der Waals surface area contributed by atoms with Gasteiger partial charge in [0.25, 0.3) is 5.91 Å². The second kappa shape index (κ2) is 10.0. The fourth-order valence-electron chi connectivity index (χ4n) is 1.61. The Morgan fingerprint density at radius 3 is 2.65 bits per heavy atom. The number of thioether (sulfide) groups is 1. The molecule has 8 heteroatoms. The molecule has 128 valence electrons. The van der Waals surface area contributed by atoms with Crippen molar-refractivity contribution in [3.05, 3.63) is 24.3 Å². The van der Waals surface area contributed by atoms with Gasteiger partial charge in [-0.2, -0.15) is 20.5 Å². The Labute approximate surface area is 137 Å². The van der Waals surface area contributed by atoms with Gasteiger partial charge in [0.1, 0.15) is 5.75 Å². The van der Waals surface area contributed by atoms with Crippen LogP contribution in [0.4, 0.5) is 14.5 Å². The van der Waals surface area contributed by atoms with Crippen LogP contribution in [0, 0.1) is 0 Å². The van der Waals surface area contributed by atoms with Crippen LogP contribution < -0.4 is 10.1 Å². The molecular weight excluding hydrogens is 328 g/mol. The minimum absolute atomic E-state index is 0.0854. The molecule has 0 unspecified atom stereocenters. The molecule has 1 amide bonds. The van der Waals surface area contributed by atoms with Crippen LogP contribution in [0.25, 0.3) is 0 Å². The van der Waals surface area contributed by atoms with Gasteiger partial charge in [-0.3, -0.25) is 9.59 Å². The number of alkyl halides is 2. The maximum atomic E-state index is 12.3. The topological polar surface area (TPSA) is 64.6 Å². The van der Waals surface area contributed by atoms with Gasteiger partial charge in [-0.1, -0.05) is 19.1 Å². The number of anilines is 1. The van der Waals surface area contributed by atoms with Crippen molar-refractivity contribution in [3.8, 4) is 5.75 Å². The highest BCUT2D eigenvalue weighted by Gasteiger charge is 2.19. The van der Waals surface area contributed by atoms with E-state index in [0.29, 0.717) is 5.75 Å². The van der Waals surface area contributed by atoms with Crippen LogP contribution in [0.15, 0.2) is 24.3 Å². The van der Waals surface area contributed by atoms with Gasteiger partial charge in [-0.25, -0.2) is 0 Å². The SMILES string of the molecule is CCSCCC(=O)O[C@H](C)C(=O)Nc1ccccc1OC(F)F. The summed E-state index contributed by atoms with van der Waals surface area (Å²) in [7, 11) is 0. The number of rotatable bonds is 9. The Hall–Kier alpha value is -1.83. The summed E-state index contributed by atoms with van der Waals surface area (Å²) < 4.78 is 33.9. The Morgan fingerprint density at radius 2 is 2.00 bits per heavy atom. The lowest BCUT2D eigenvalue weighted by molar-refractivity contribution is -0.152. The molecule has 1 atom stereocenters. The molecule has 1 rings (SSSR count). The van der Waals surface area contributed by atoms with Crippen molar-refractivity contribution in [2.75, 3.05) is 16.8 Å². The lowest BCUT2D eigenvalue weighted by Gasteiger charge is -2.15. The summed E-state index contributed by atoms with van der Waals surface area (Å²) in [5, 5.41) is 2.41. The first kappa shape index (κ1) is 19.2. The summed E-state index contributed by atoms with van der Waals surface area (Å²) in [6, 6.07) is 5.79. The van der Waals surface area contributed by atoms with Crippen LogP contribution in [0.5, 0.6) is 5.75 Å². The molecule has 1 N–H and O–H groups in total. The number of carbonyl (C=O) groups excluding carboxylic acids is 2. The molecule has 0 aromatic heterocycles. The third-order valence-electron chi connectivity index (χ3n) is 2.69. The van der Waals surface area contributed by atoms with Crippen molar-refractivity contribution in [1.82, 2.24) is 0 Å². The fourth-order valence-corrected chi connectivity index (χ4v) is 2.21. The van der Waals surface area contributed by atoms with E-state index < -0.39 is 24.6 Å². The number of halogens is 2. The van der Waals surface area contributed by atoms with E-state index in [2.05, 4.69) is 10.1 Å². The van der Waals surface area contributed by atoms with E-state index in [9.17, 15) is 18.4 Å². The zero-order valence-corrected chi connectivity index (χ0v) is 13.7. The Kier molecular flexibility index (Phi) is 8.39. The van der Waals surface area contributed by atoms with Crippen LogP contribution in [0.3, 0.4) is 0 Å². The van der Waals surface area contributed by atoms with E-state index in [1.54, 1.807) is 17.8 Å². The van der Waals surface area contributed by atoms with Crippen molar-refractivity contribution >= 4 is 29.3 Å². The van der Waals surface area contributed by atoms with Gasteiger partial charge in [0, 0.05) is 5.75 Å². The highest BCUT2D eigenvalue weighted by atomic mass is 32.2. The number of amides is 1. The molecule has 0 aliphatic heterocycles. The number of esters is 1. The number of nitrogens with one attached hydrogen (secondary N) is 1. The smallest absolute Gasteiger partial charge is 0.387 e. The van der Waals surface area contributed by atoms with Gasteiger partial charge in [0.05, 0.1) is 12.1 Å². The standard InChI is InChI=1S/C15H19F2NO4S/c1-3-23-9-8-13(19)21-10(2)14(20)18-11-6-4-5-7-12(11)22-15(16)17/h4-7,10,15H,3,8-9H2,1-2H3,(H,18,20)/t10-/m1/s1. The molecule has 0 saturated carbocycles. The van der Waals surface area contributed by atoms with Gasteiger partial charge in [-0.05, 0) is 24.8 Å². The van der Waals surface area contributed by atoms with Crippen molar-refractivity contribution in [2.24, 2.45) is 0 Å². The van der Waals surface area contributed by atoms with Crippen molar-refractivity contribution in [3.63, 3.8) is 0 Å². The van der Waals surface area contributed by atoms with Gasteiger partial charge >= 0.3 is 12.6 Å². The van der Waals surface area contributed by atoms with Crippen LogP contribution in [-0.2, 0) is 14.3 Å². The van der Waals surface area contributed by atoms with E-state index in [0.717, 1.165) is 5.75 Å². The second-order valence-electron chi connectivity index (χ2n) is 4.44. The average Bonchev–Trinajstić information content (AvgIpc) is 2.48.